The van der Waals surface area contributed by atoms with Crippen molar-refractivity contribution in [2.24, 2.45) is 5.41 Å². The van der Waals surface area contributed by atoms with Crippen LogP contribution in [0.15, 0.2) is 24.3 Å². The van der Waals surface area contributed by atoms with Crippen LogP contribution in [-0.4, -0.2) is 66.9 Å². The largest absolute Gasteiger partial charge is 0.444 e. The van der Waals surface area contributed by atoms with Gasteiger partial charge in [-0.1, -0.05) is 24.3 Å². The minimum atomic E-state index is -0.411. The molecule has 3 aliphatic heterocycles. The normalized spacial score (nSPS) is 27.0. The second kappa shape index (κ2) is 9.22. The Labute approximate surface area is 199 Å². The second-order valence-corrected chi connectivity index (χ2v) is 12.1. The van der Waals surface area contributed by atoms with Gasteiger partial charge in [0.2, 0.25) is 0 Å². The summed E-state index contributed by atoms with van der Waals surface area (Å²) in [7, 11) is 0. The Kier molecular flexibility index (Phi) is 6.47. The van der Waals surface area contributed by atoms with Crippen molar-refractivity contribution in [1.29, 1.82) is 0 Å². The van der Waals surface area contributed by atoms with Gasteiger partial charge in [0.1, 0.15) is 5.60 Å². The van der Waals surface area contributed by atoms with E-state index in [1.165, 1.54) is 58.0 Å². The molecule has 33 heavy (non-hydrogen) atoms. The zero-order valence-electron chi connectivity index (χ0n) is 20.9. The number of hydrogen-bond donors (Lipinski definition) is 0. The molecule has 5 rings (SSSR count). The molecule has 1 aromatic carbocycles. The lowest BCUT2D eigenvalue weighted by Crippen LogP contribution is -2.58. The molecule has 1 aliphatic carbocycles. The number of hydrogen-bond acceptors (Lipinski definition) is 4. The Bertz CT molecular complexity index is 828. The first-order chi connectivity index (χ1) is 15.8. The Balaban J connectivity index is 1.13. The topological polar surface area (TPSA) is 42.0 Å². The molecule has 4 aliphatic rings. The van der Waals surface area contributed by atoms with Gasteiger partial charge < -0.3 is 19.3 Å². The molecule has 0 aromatic heterocycles. The average Bonchev–Trinajstić information content (AvgIpc) is 3.24. The Morgan fingerprint density at radius 1 is 0.970 bits per heavy atom. The minimum absolute atomic E-state index is 0.138. The highest BCUT2D eigenvalue weighted by molar-refractivity contribution is 5.69. The zero-order chi connectivity index (χ0) is 23.1. The lowest BCUT2D eigenvalue weighted by atomic mass is 9.78. The molecule has 0 radical (unpaired) electrons. The number of ether oxygens (including phenoxy) is 2. The predicted molar refractivity (Wildman–Crippen MR) is 131 cm³/mol. The van der Waals surface area contributed by atoms with Gasteiger partial charge in [-0.25, -0.2) is 4.79 Å². The molecule has 1 amide bonds. The molecular weight excluding hydrogens is 412 g/mol. The quantitative estimate of drug-likeness (QED) is 0.601. The highest BCUT2D eigenvalue weighted by atomic mass is 16.6. The van der Waals surface area contributed by atoms with Crippen LogP contribution in [-0.2, 0) is 9.47 Å². The molecule has 1 saturated carbocycles. The number of benzene rings is 1. The average molecular weight is 455 g/mol. The van der Waals surface area contributed by atoms with Crippen molar-refractivity contribution in [3.63, 3.8) is 0 Å². The second-order valence-electron chi connectivity index (χ2n) is 12.1. The number of likely N-dealkylation sites (tertiary alicyclic amines) is 2. The van der Waals surface area contributed by atoms with Crippen LogP contribution in [0.1, 0.15) is 88.7 Å². The summed E-state index contributed by atoms with van der Waals surface area (Å²) in [6, 6.07) is 9.93. The fourth-order valence-corrected chi connectivity index (χ4v) is 6.83. The van der Waals surface area contributed by atoms with Crippen LogP contribution < -0.4 is 0 Å². The maximum atomic E-state index is 12.4. The summed E-state index contributed by atoms with van der Waals surface area (Å²) in [6.45, 7) is 11.8. The van der Waals surface area contributed by atoms with E-state index in [2.05, 4.69) is 29.2 Å². The van der Waals surface area contributed by atoms with Crippen molar-refractivity contribution in [2.45, 2.75) is 89.2 Å². The van der Waals surface area contributed by atoms with Gasteiger partial charge in [-0.3, -0.25) is 0 Å². The number of carbonyl (C=O) groups excluding carboxylic acids is 1. The van der Waals surface area contributed by atoms with Crippen molar-refractivity contribution in [3.05, 3.63) is 35.4 Å². The molecule has 4 fully saturated rings. The van der Waals surface area contributed by atoms with E-state index in [-0.39, 0.29) is 6.09 Å². The molecule has 0 N–H and O–H groups in total. The fraction of sp³-hybridized carbons (Fsp3) is 0.750. The van der Waals surface area contributed by atoms with Gasteiger partial charge in [-0.2, -0.15) is 0 Å². The molecule has 5 nitrogen and oxygen atoms in total. The van der Waals surface area contributed by atoms with E-state index in [0.717, 1.165) is 26.3 Å². The van der Waals surface area contributed by atoms with Crippen molar-refractivity contribution in [3.8, 4) is 0 Å². The van der Waals surface area contributed by atoms with Crippen molar-refractivity contribution >= 4 is 6.09 Å². The van der Waals surface area contributed by atoms with Gasteiger partial charge in [0.25, 0.3) is 0 Å². The van der Waals surface area contributed by atoms with Crippen molar-refractivity contribution in [2.75, 3.05) is 39.4 Å². The molecule has 0 bridgehead atoms. The summed E-state index contributed by atoms with van der Waals surface area (Å²) in [5.74, 6) is 1.37. The number of carbonyl (C=O) groups is 1. The third-order valence-electron chi connectivity index (χ3n) is 8.52. The molecular formula is C28H42N2O3. The van der Waals surface area contributed by atoms with Crippen LogP contribution in [0, 0.1) is 5.41 Å². The van der Waals surface area contributed by atoms with Crippen LogP contribution in [0.25, 0.3) is 0 Å². The van der Waals surface area contributed by atoms with Crippen molar-refractivity contribution < 1.29 is 14.3 Å². The Morgan fingerprint density at radius 2 is 1.58 bits per heavy atom. The van der Waals surface area contributed by atoms with Crippen LogP contribution in [0.2, 0.25) is 0 Å². The van der Waals surface area contributed by atoms with E-state index in [1.807, 2.05) is 25.7 Å². The van der Waals surface area contributed by atoms with Crippen LogP contribution >= 0.6 is 0 Å². The predicted octanol–water partition coefficient (Wildman–Crippen LogP) is 5.55. The molecule has 3 heterocycles. The summed E-state index contributed by atoms with van der Waals surface area (Å²) in [6.07, 6.45) is 8.52. The van der Waals surface area contributed by atoms with E-state index in [4.69, 9.17) is 9.47 Å². The standard InChI is InChI=1S/C28H42N2O3/c1-27(2,3)33-26(31)30-19-28(20-30)13-8-23(18-28)29-14-9-21(10-15-29)24-6-4-5-7-25(24)22-11-16-32-17-12-22/h4-7,21-23H,8-20H2,1-3H3. The maximum Gasteiger partial charge on any atom is 0.410 e. The Hall–Kier alpha value is -1.59. The maximum absolute atomic E-state index is 12.4. The lowest BCUT2D eigenvalue weighted by molar-refractivity contribution is -0.0347. The van der Waals surface area contributed by atoms with E-state index in [0.29, 0.717) is 23.3 Å². The first-order valence-corrected chi connectivity index (χ1v) is 13.2. The van der Waals surface area contributed by atoms with Gasteiger partial charge in [-0.15, -0.1) is 0 Å². The van der Waals surface area contributed by atoms with Gasteiger partial charge in [0.05, 0.1) is 0 Å². The molecule has 5 heteroatoms. The van der Waals surface area contributed by atoms with Gasteiger partial charge >= 0.3 is 6.09 Å². The van der Waals surface area contributed by atoms with Gasteiger partial charge in [0.15, 0.2) is 0 Å². The van der Waals surface area contributed by atoms with Crippen LogP contribution in [0.5, 0.6) is 0 Å². The van der Waals surface area contributed by atoms with E-state index < -0.39 is 5.60 Å². The summed E-state index contributed by atoms with van der Waals surface area (Å²) >= 11 is 0. The number of nitrogens with zero attached hydrogens (tertiary/aromatic N) is 2. The van der Waals surface area contributed by atoms with Gasteiger partial charge in [0, 0.05) is 37.8 Å². The summed E-state index contributed by atoms with van der Waals surface area (Å²) in [4.78, 5) is 17.0. The molecule has 182 valence electrons. The lowest BCUT2D eigenvalue weighted by Gasteiger charge is -2.48. The SMILES string of the molecule is CC(C)(C)OC(=O)N1CC2(CCC(N3CCC(c4ccccc4C4CCOCC4)CC3)C2)C1. The molecule has 1 spiro atoms. The molecule has 1 aromatic rings. The van der Waals surface area contributed by atoms with Crippen molar-refractivity contribution in [1.82, 2.24) is 9.80 Å². The third kappa shape index (κ3) is 5.09. The number of rotatable bonds is 3. The first-order valence-electron chi connectivity index (χ1n) is 13.2. The molecule has 1 unspecified atom stereocenters. The van der Waals surface area contributed by atoms with E-state index >= 15 is 0 Å². The fourth-order valence-electron chi connectivity index (χ4n) is 6.83. The first kappa shape index (κ1) is 23.2. The Morgan fingerprint density at radius 3 is 2.18 bits per heavy atom. The van der Waals surface area contributed by atoms with E-state index in [9.17, 15) is 4.79 Å². The van der Waals surface area contributed by atoms with Crippen LogP contribution in [0.3, 0.4) is 0 Å². The smallest absolute Gasteiger partial charge is 0.410 e. The summed E-state index contributed by atoms with van der Waals surface area (Å²) in [5.41, 5.74) is 3.13. The van der Waals surface area contributed by atoms with Crippen LogP contribution in [0.4, 0.5) is 4.79 Å². The third-order valence-corrected chi connectivity index (χ3v) is 8.52. The summed E-state index contributed by atoms with van der Waals surface area (Å²) < 4.78 is 11.2. The minimum Gasteiger partial charge on any atom is -0.444 e. The number of piperidine rings is 1. The summed E-state index contributed by atoms with van der Waals surface area (Å²) in [5, 5.41) is 0. The highest BCUT2D eigenvalue weighted by Gasteiger charge is 2.51. The number of amides is 1. The molecule has 3 saturated heterocycles. The zero-order valence-corrected chi connectivity index (χ0v) is 20.9. The van der Waals surface area contributed by atoms with E-state index in [1.54, 1.807) is 11.1 Å². The highest BCUT2D eigenvalue weighted by Crippen LogP contribution is 2.48. The van der Waals surface area contributed by atoms with Gasteiger partial charge in [-0.05, 0) is 102 Å². The monoisotopic (exact) mass is 454 g/mol. The molecule has 1 atom stereocenters.